The molecule has 2 aromatic heterocycles. The number of halogens is 1. The van der Waals surface area contributed by atoms with Gasteiger partial charge in [-0.05, 0) is 6.07 Å². The van der Waals surface area contributed by atoms with E-state index in [1.54, 1.807) is 13.1 Å². The lowest BCUT2D eigenvalue weighted by molar-refractivity contribution is 0.519. The minimum absolute atomic E-state index is 0.0501. The van der Waals surface area contributed by atoms with Crippen LogP contribution in [0.25, 0.3) is 0 Å². The summed E-state index contributed by atoms with van der Waals surface area (Å²) in [6.45, 7) is 0.149. The Morgan fingerprint density at radius 2 is 2.00 bits per heavy atom. The van der Waals surface area contributed by atoms with Gasteiger partial charge in [-0.3, -0.25) is 9.48 Å². The van der Waals surface area contributed by atoms with E-state index in [9.17, 15) is 13.2 Å². The van der Waals surface area contributed by atoms with Crippen LogP contribution >= 0.6 is 11.6 Å². The minimum Gasteiger partial charge on any atom is -0.308 e. The molecule has 7 nitrogen and oxygen atoms in total. The normalized spacial score (nSPS) is 12.0. The summed E-state index contributed by atoms with van der Waals surface area (Å²) in [6, 6.07) is 4.14. The second-order valence-electron chi connectivity index (χ2n) is 4.70. The van der Waals surface area contributed by atoms with Crippen molar-refractivity contribution in [1.82, 2.24) is 18.7 Å². The Bertz CT molecular complexity index is 804. The molecule has 0 bridgehead atoms. The molecule has 0 fully saturated rings. The lowest BCUT2D eigenvalue weighted by Gasteiger charge is -2.12. The van der Waals surface area contributed by atoms with Crippen LogP contribution in [-0.2, 0) is 23.6 Å². The molecule has 0 radical (unpaired) electrons. The zero-order chi connectivity index (χ0) is 15.8. The molecular weight excluding hydrogens is 316 g/mol. The van der Waals surface area contributed by atoms with Gasteiger partial charge in [-0.25, -0.2) is 12.7 Å². The Balaban J connectivity index is 2.43. The first-order valence-corrected chi connectivity index (χ1v) is 7.85. The topological polar surface area (TPSA) is 77.2 Å². The Hall–Kier alpha value is -1.64. The van der Waals surface area contributed by atoms with Crippen molar-refractivity contribution < 1.29 is 8.42 Å². The van der Waals surface area contributed by atoms with Crippen LogP contribution < -0.4 is 5.56 Å². The van der Waals surface area contributed by atoms with E-state index in [0.29, 0.717) is 10.8 Å². The monoisotopic (exact) mass is 330 g/mol. The van der Waals surface area contributed by atoms with E-state index in [1.165, 1.54) is 41.7 Å². The van der Waals surface area contributed by atoms with Crippen LogP contribution in [0.5, 0.6) is 0 Å². The van der Waals surface area contributed by atoms with Gasteiger partial charge >= 0.3 is 0 Å². The molecule has 2 heterocycles. The summed E-state index contributed by atoms with van der Waals surface area (Å²) >= 11 is 5.89. The third-order valence-corrected chi connectivity index (χ3v) is 5.09. The van der Waals surface area contributed by atoms with E-state index in [4.69, 9.17) is 11.6 Å². The second-order valence-corrected chi connectivity index (χ2v) is 7.24. The Labute approximate surface area is 127 Å². The van der Waals surface area contributed by atoms with Crippen molar-refractivity contribution in [3.05, 3.63) is 45.6 Å². The summed E-state index contributed by atoms with van der Waals surface area (Å²) in [5.74, 6) is 0. The molecule has 9 heteroatoms. The smallest absolute Gasteiger partial charge is 0.250 e. The van der Waals surface area contributed by atoms with Crippen molar-refractivity contribution in [2.45, 2.75) is 11.4 Å². The number of aromatic nitrogens is 3. The van der Waals surface area contributed by atoms with Crippen molar-refractivity contribution in [2.24, 2.45) is 7.05 Å². The molecule has 0 amide bonds. The number of aryl methyl sites for hydroxylation is 1. The van der Waals surface area contributed by atoms with Crippen molar-refractivity contribution >= 4 is 21.6 Å². The van der Waals surface area contributed by atoms with E-state index < -0.39 is 10.0 Å². The first-order valence-electron chi connectivity index (χ1n) is 6.03. The fourth-order valence-corrected chi connectivity index (χ4v) is 2.83. The van der Waals surface area contributed by atoms with Gasteiger partial charge in [0.1, 0.15) is 5.15 Å². The third kappa shape index (κ3) is 3.17. The van der Waals surface area contributed by atoms with Crippen LogP contribution in [-0.4, -0.2) is 41.2 Å². The first-order chi connectivity index (χ1) is 9.71. The predicted molar refractivity (Wildman–Crippen MR) is 78.9 cm³/mol. The van der Waals surface area contributed by atoms with E-state index in [2.05, 4.69) is 5.10 Å². The number of pyridine rings is 1. The first kappa shape index (κ1) is 15.7. The summed E-state index contributed by atoms with van der Waals surface area (Å²) in [7, 11) is 0.960. The van der Waals surface area contributed by atoms with Crippen LogP contribution in [0.4, 0.5) is 0 Å². The molecule has 0 aromatic carbocycles. The lowest BCUT2D eigenvalue weighted by atomic mass is 10.4. The Morgan fingerprint density at radius 1 is 1.33 bits per heavy atom. The highest BCUT2D eigenvalue weighted by molar-refractivity contribution is 7.89. The van der Waals surface area contributed by atoms with Gasteiger partial charge in [0.25, 0.3) is 5.56 Å². The fraction of sp³-hybridized carbons (Fsp3) is 0.333. The maximum atomic E-state index is 12.1. The van der Waals surface area contributed by atoms with Crippen molar-refractivity contribution in [3.8, 4) is 0 Å². The predicted octanol–water partition coefficient (Wildman–Crippen LogP) is 0.534. The zero-order valence-electron chi connectivity index (χ0n) is 11.8. The average Bonchev–Trinajstić information content (AvgIpc) is 2.70. The van der Waals surface area contributed by atoms with Gasteiger partial charge in [0, 0.05) is 39.5 Å². The van der Waals surface area contributed by atoms with Crippen LogP contribution in [0.3, 0.4) is 0 Å². The van der Waals surface area contributed by atoms with Gasteiger partial charge in [-0.15, -0.1) is 0 Å². The standard InChI is InChI=1S/C12H15ClN4O3S/c1-15(2)21(19,20)10-4-5-12(18)17(8-10)7-9-6-11(13)16(3)14-9/h4-6,8H,7H2,1-3H3. The minimum atomic E-state index is -3.59. The van der Waals surface area contributed by atoms with Crippen LogP contribution in [0.1, 0.15) is 5.69 Å². The molecule has 114 valence electrons. The van der Waals surface area contributed by atoms with E-state index >= 15 is 0 Å². The molecule has 2 rings (SSSR count). The Morgan fingerprint density at radius 3 is 2.52 bits per heavy atom. The van der Waals surface area contributed by atoms with Gasteiger partial charge in [-0.1, -0.05) is 11.6 Å². The van der Waals surface area contributed by atoms with Crippen LogP contribution in [0.15, 0.2) is 34.1 Å². The SMILES string of the molecule is CN(C)S(=O)(=O)c1ccc(=O)n(Cc2cc(Cl)n(C)n2)c1. The quantitative estimate of drug-likeness (QED) is 0.819. The molecule has 0 aliphatic carbocycles. The fourth-order valence-electron chi connectivity index (χ4n) is 1.75. The van der Waals surface area contributed by atoms with Crippen molar-refractivity contribution in [3.63, 3.8) is 0 Å². The van der Waals surface area contributed by atoms with Gasteiger partial charge < -0.3 is 4.57 Å². The highest BCUT2D eigenvalue weighted by atomic mass is 35.5. The van der Waals surface area contributed by atoms with Crippen molar-refractivity contribution in [1.29, 1.82) is 0 Å². The molecule has 0 saturated heterocycles. The van der Waals surface area contributed by atoms with Gasteiger partial charge in [0.15, 0.2) is 0 Å². The summed E-state index contributed by atoms with van der Waals surface area (Å²) in [5.41, 5.74) is 0.262. The molecule has 0 unspecified atom stereocenters. The summed E-state index contributed by atoms with van der Waals surface area (Å²) in [4.78, 5) is 11.9. The van der Waals surface area contributed by atoms with Crippen LogP contribution in [0.2, 0.25) is 5.15 Å². The number of rotatable bonds is 4. The summed E-state index contributed by atoms with van der Waals surface area (Å²) < 4.78 is 28.0. The van der Waals surface area contributed by atoms with E-state index in [0.717, 1.165) is 4.31 Å². The largest absolute Gasteiger partial charge is 0.308 e. The molecule has 0 aliphatic heterocycles. The number of hydrogen-bond donors (Lipinski definition) is 0. The van der Waals surface area contributed by atoms with Gasteiger partial charge in [0.2, 0.25) is 10.0 Å². The highest BCUT2D eigenvalue weighted by Gasteiger charge is 2.18. The third-order valence-electron chi connectivity index (χ3n) is 2.94. The second kappa shape index (κ2) is 5.63. The summed E-state index contributed by atoms with van der Waals surface area (Å²) in [5, 5.41) is 4.58. The molecule has 0 N–H and O–H groups in total. The van der Waals surface area contributed by atoms with E-state index in [-0.39, 0.29) is 17.0 Å². The molecule has 2 aromatic rings. The van der Waals surface area contributed by atoms with Gasteiger partial charge in [-0.2, -0.15) is 5.10 Å². The highest BCUT2D eigenvalue weighted by Crippen LogP contribution is 2.13. The van der Waals surface area contributed by atoms with Crippen molar-refractivity contribution in [2.75, 3.05) is 14.1 Å². The molecule has 21 heavy (non-hydrogen) atoms. The van der Waals surface area contributed by atoms with Gasteiger partial charge in [0.05, 0.1) is 17.1 Å². The number of sulfonamides is 1. The molecule has 0 spiro atoms. The molecule has 0 atom stereocenters. The van der Waals surface area contributed by atoms with Crippen LogP contribution in [0, 0.1) is 0 Å². The maximum absolute atomic E-state index is 12.1. The maximum Gasteiger partial charge on any atom is 0.250 e. The lowest BCUT2D eigenvalue weighted by Crippen LogP contribution is -2.26. The van der Waals surface area contributed by atoms with E-state index in [1.807, 2.05) is 0 Å². The zero-order valence-corrected chi connectivity index (χ0v) is 13.4. The molecular formula is C12H15ClN4O3S. The number of hydrogen-bond acceptors (Lipinski definition) is 4. The number of nitrogens with zero attached hydrogens (tertiary/aromatic N) is 4. The molecule has 0 saturated carbocycles. The summed E-state index contributed by atoms with van der Waals surface area (Å²) in [6.07, 6.45) is 1.31. The average molecular weight is 331 g/mol. The molecule has 0 aliphatic rings. The Kier molecular flexibility index (Phi) is 4.22.